The molecule has 24 heavy (non-hydrogen) atoms. The number of likely N-dealkylation sites (N-methyl/N-ethyl adjacent to an activating group) is 1. The minimum absolute atomic E-state index is 0.00485. The second kappa shape index (κ2) is 6.28. The van der Waals surface area contributed by atoms with Crippen molar-refractivity contribution in [3.63, 3.8) is 0 Å². The van der Waals surface area contributed by atoms with E-state index in [-0.39, 0.29) is 6.03 Å². The molecule has 2 aliphatic rings. The van der Waals surface area contributed by atoms with Crippen molar-refractivity contribution < 1.29 is 4.79 Å². The normalized spacial score (nSPS) is 24.0. The molecule has 6 heteroatoms. The van der Waals surface area contributed by atoms with E-state index in [4.69, 9.17) is 0 Å². The van der Waals surface area contributed by atoms with Crippen LogP contribution in [0.25, 0.3) is 11.3 Å². The van der Waals surface area contributed by atoms with E-state index in [1.165, 1.54) is 12.8 Å². The molecule has 2 fully saturated rings. The van der Waals surface area contributed by atoms with Crippen molar-refractivity contribution in [2.75, 3.05) is 25.5 Å². The van der Waals surface area contributed by atoms with Gasteiger partial charge in [0.2, 0.25) is 0 Å². The molecule has 2 saturated heterocycles. The predicted octanol–water partition coefficient (Wildman–Crippen LogP) is 2.78. The van der Waals surface area contributed by atoms with E-state index in [9.17, 15) is 4.79 Å². The molecule has 2 N–H and O–H groups in total. The maximum Gasteiger partial charge on any atom is 0.321 e. The third-order valence-electron chi connectivity index (χ3n) is 5.38. The lowest BCUT2D eigenvalue weighted by Crippen LogP contribution is -2.41. The molecular weight excluding hydrogens is 302 g/mol. The summed E-state index contributed by atoms with van der Waals surface area (Å²) in [4.78, 5) is 17.0. The first kappa shape index (κ1) is 15.2. The fourth-order valence-corrected chi connectivity index (χ4v) is 3.85. The van der Waals surface area contributed by atoms with E-state index in [0.29, 0.717) is 12.1 Å². The van der Waals surface area contributed by atoms with E-state index in [0.717, 1.165) is 36.5 Å². The number of anilines is 1. The second-order valence-corrected chi connectivity index (χ2v) is 6.76. The summed E-state index contributed by atoms with van der Waals surface area (Å²) in [5.41, 5.74) is 2.85. The number of H-pyrrole nitrogens is 1. The van der Waals surface area contributed by atoms with Crippen molar-refractivity contribution >= 4 is 11.7 Å². The average molecular weight is 325 g/mol. The van der Waals surface area contributed by atoms with Gasteiger partial charge in [0.1, 0.15) is 0 Å². The van der Waals surface area contributed by atoms with E-state index in [2.05, 4.69) is 27.5 Å². The molecule has 2 atom stereocenters. The number of aromatic amines is 1. The van der Waals surface area contributed by atoms with Gasteiger partial charge < -0.3 is 10.2 Å². The zero-order valence-electron chi connectivity index (χ0n) is 13.9. The zero-order valence-corrected chi connectivity index (χ0v) is 13.9. The molecule has 2 amide bonds. The number of benzene rings is 1. The van der Waals surface area contributed by atoms with Crippen molar-refractivity contribution in [3.8, 4) is 11.3 Å². The van der Waals surface area contributed by atoms with Crippen LogP contribution in [0, 0.1) is 0 Å². The minimum Gasteiger partial charge on any atom is -0.323 e. The highest BCUT2D eigenvalue weighted by Gasteiger charge is 2.35. The van der Waals surface area contributed by atoms with E-state index in [1.807, 2.05) is 35.2 Å². The quantitative estimate of drug-likeness (QED) is 0.892. The van der Waals surface area contributed by atoms with Crippen LogP contribution in [-0.2, 0) is 0 Å². The van der Waals surface area contributed by atoms with Gasteiger partial charge in [0, 0.05) is 37.1 Å². The Labute approximate surface area is 141 Å². The highest BCUT2D eigenvalue weighted by molar-refractivity contribution is 5.89. The molecule has 2 aromatic rings. The largest absolute Gasteiger partial charge is 0.323 e. The Hall–Kier alpha value is -2.34. The van der Waals surface area contributed by atoms with Crippen LogP contribution < -0.4 is 5.32 Å². The van der Waals surface area contributed by atoms with Gasteiger partial charge in [-0.3, -0.25) is 10.00 Å². The molecule has 1 aromatic carbocycles. The number of aromatic nitrogens is 2. The molecule has 2 unspecified atom stereocenters. The van der Waals surface area contributed by atoms with E-state index < -0.39 is 0 Å². The Balaban J connectivity index is 1.41. The Morgan fingerprint density at radius 1 is 1.17 bits per heavy atom. The van der Waals surface area contributed by atoms with Gasteiger partial charge in [0.05, 0.1) is 5.69 Å². The number of hydrogen-bond acceptors (Lipinski definition) is 3. The van der Waals surface area contributed by atoms with Crippen molar-refractivity contribution in [1.82, 2.24) is 20.0 Å². The Kier molecular flexibility index (Phi) is 3.98. The molecule has 126 valence electrons. The van der Waals surface area contributed by atoms with E-state index >= 15 is 0 Å². The number of carbonyl (C=O) groups excluding carboxylic acids is 1. The first-order valence-electron chi connectivity index (χ1n) is 8.58. The van der Waals surface area contributed by atoms with Crippen LogP contribution in [0.2, 0.25) is 0 Å². The van der Waals surface area contributed by atoms with Gasteiger partial charge in [-0.2, -0.15) is 5.10 Å². The fraction of sp³-hybridized carbons (Fsp3) is 0.444. The van der Waals surface area contributed by atoms with E-state index in [1.54, 1.807) is 6.20 Å². The predicted molar refractivity (Wildman–Crippen MR) is 93.8 cm³/mol. The Bertz CT molecular complexity index is 697. The summed E-state index contributed by atoms with van der Waals surface area (Å²) in [6.07, 6.45) is 5.27. The fourth-order valence-electron chi connectivity index (χ4n) is 3.85. The average Bonchev–Trinajstić information content (AvgIpc) is 3.17. The van der Waals surface area contributed by atoms with Crippen molar-refractivity contribution in [2.24, 2.45) is 0 Å². The Morgan fingerprint density at radius 2 is 1.96 bits per heavy atom. The number of amides is 2. The first-order chi connectivity index (χ1) is 11.7. The van der Waals surface area contributed by atoms with Gasteiger partial charge in [-0.05, 0) is 50.1 Å². The number of hydrogen-bond donors (Lipinski definition) is 2. The van der Waals surface area contributed by atoms with Gasteiger partial charge in [-0.15, -0.1) is 0 Å². The number of likely N-dealkylation sites (tertiary alicyclic amines) is 1. The van der Waals surface area contributed by atoms with Crippen molar-refractivity contribution in [3.05, 3.63) is 36.5 Å². The number of fused-ring (bicyclic) bond motifs is 2. The van der Waals surface area contributed by atoms with Crippen LogP contribution in [0.3, 0.4) is 0 Å². The molecule has 0 aliphatic carbocycles. The second-order valence-electron chi connectivity index (χ2n) is 6.76. The summed E-state index contributed by atoms with van der Waals surface area (Å²) >= 11 is 0. The van der Waals surface area contributed by atoms with Gasteiger partial charge in [0.25, 0.3) is 0 Å². The maximum atomic E-state index is 12.6. The maximum absolute atomic E-state index is 12.6. The lowest BCUT2D eigenvalue weighted by molar-refractivity contribution is 0.200. The number of nitrogens with zero attached hydrogens (tertiary/aromatic N) is 3. The number of rotatable bonds is 2. The van der Waals surface area contributed by atoms with Gasteiger partial charge >= 0.3 is 6.03 Å². The third kappa shape index (κ3) is 2.89. The summed E-state index contributed by atoms with van der Waals surface area (Å²) in [6, 6.07) is 10.9. The summed E-state index contributed by atoms with van der Waals surface area (Å²) in [6.45, 7) is 1.66. The lowest BCUT2D eigenvalue weighted by Gasteiger charge is -2.26. The molecule has 2 aliphatic heterocycles. The standard InChI is InChI=1S/C18H23N5O/c1-22-15-6-7-16(22)12-23(11-9-15)18(24)20-14-4-2-13(3-5-14)17-8-10-19-21-17/h2-5,8,10,15-16H,6-7,9,11-12H2,1H3,(H,19,21)(H,20,24). The summed E-state index contributed by atoms with van der Waals surface area (Å²) in [5.74, 6) is 0. The van der Waals surface area contributed by atoms with Crippen LogP contribution in [0.4, 0.5) is 10.5 Å². The number of urea groups is 1. The molecule has 4 rings (SSSR count). The molecule has 0 saturated carbocycles. The smallest absolute Gasteiger partial charge is 0.321 e. The van der Waals surface area contributed by atoms with Crippen molar-refractivity contribution in [1.29, 1.82) is 0 Å². The topological polar surface area (TPSA) is 64.3 Å². The highest BCUT2D eigenvalue weighted by Crippen LogP contribution is 2.28. The van der Waals surface area contributed by atoms with Gasteiger partial charge in [-0.1, -0.05) is 12.1 Å². The molecular formula is C18H23N5O. The van der Waals surface area contributed by atoms with Crippen LogP contribution in [0.1, 0.15) is 19.3 Å². The summed E-state index contributed by atoms with van der Waals surface area (Å²) in [7, 11) is 2.19. The van der Waals surface area contributed by atoms with Crippen LogP contribution in [0.5, 0.6) is 0 Å². The molecule has 0 spiro atoms. The first-order valence-corrected chi connectivity index (χ1v) is 8.58. The van der Waals surface area contributed by atoms with Gasteiger partial charge in [-0.25, -0.2) is 4.79 Å². The number of nitrogens with one attached hydrogen (secondary N) is 2. The Morgan fingerprint density at radius 3 is 2.71 bits per heavy atom. The van der Waals surface area contributed by atoms with Crippen LogP contribution in [-0.4, -0.2) is 58.2 Å². The number of carbonyl (C=O) groups is 1. The van der Waals surface area contributed by atoms with Crippen LogP contribution in [0.15, 0.2) is 36.5 Å². The van der Waals surface area contributed by atoms with Crippen molar-refractivity contribution in [2.45, 2.75) is 31.3 Å². The molecule has 2 bridgehead atoms. The minimum atomic E-state index is 0.00485. The molecule has 3 heterocycles. The summed E-state index contributed by atoms with van der Waals surface area (Å²) in [5, 5.41) is 9.93. The van der Waals surface area contributed by atoms with Crippen LogP contribution >= 0.6 is 0 Å². The van der Waals surface area contributed by atoms with Gasteiger partial charge in [0.15, 0.2) is 0 Å². The molecule has 6 nitrogen and oxygen atoms in total. The molecule has 0 radical (unpaired) electrons. The lowest BCUT2D eigenvalue weighted by atomic mass is 10.1. The SMILES string of the molecule is CN1C2CCC1CN(C(=O)Nc1ccc(-c3ccn[nH]3)cc1)CC2. The monoisotopic (exact) mass is 325 g/mol. The third-order valence-corrected chi connectivity index (χ3v) is 5.38. The molecule has 1 aromatic heterocycles. The highest BCUT2D eigenvalue weighted by atomic mass is 16.2. The summed E-state index contributed by atoms with van der Waals surface area (Å²) < 4.78 is 0. The zero-order chi connectivity index (χ0) is 16.5.